The predicted octanol–water partition coefficient (Wildman–Crippen LogP) is 2.97. The monoisotopic (exact) mass is 270 g/mol. The van der Waals surface area contributed by atoms with Gasteiger partial charge in [-0.05, 0) is 30.6 Å². The smallest absolute Gasteiger partial charge is 0.0149 e. The van der Waals surface area contributed by atoms with Crippen LogP contribution < -0.4 is 5.73 Å². The van der Waals surface area contributed by atoms with Gasteiger partial charge in [0.25, 0.3) is 0 Å². The summed E-state index contributed by atoms with van der Waals surface area (Å²) in [5.41, 5.74) is 6.86. The first-order valence-electron chi connectivity index (χ1n) is 7.49. The summed E-state index contributed by atoms with van der Waals surface area (Å²) in [6.45, 7) is 13.2. The second-order valence-electron chi connectivity index (χ2n) is 7.31. The van der Waals surface area contributed by atoms with E-state index in [1.54, 1.807) is 0 Å². The second kappa shape index (κ2) is 5.72. The molecule has 106 valence electrons. The van der Waals surface area contributed by atoms with Gasteiger partial charge < -0.3 is 10.6 Å². The molecular weight excluding hydrogens is 240 g/mol. The molecule has 1 aliphatic carbocycles. The minimum Gasteiger partial charge on any atom is -0.327 e. The summed E-state index contributed by atoms with van der Waals surface area (Å²) in [6.07, 6.45) is 3.82. The van der Waals surface area contributed by atoms with E-state index in [0.717, 1.165) is 10.5 Å². The molecule has 2 fully saturated rings. The van der Waals surface area contributed by atoms with Crippen LogP contribution in [0.3, 0.4) is 0 Å². The van der Waals surface area contributed by atoms with Crippen LogP contribution >= 0.6 is 11.8 Å². The Morgan fingerprint density at radius 1 is 1.22 bits per heavy atom. The second-order valence-corrected chi connectivity index (χ2v) is 9.19. The van der Waals surface area contributed by atoms with E-state index in [0.29, 0.717) is 17.4 Å². The molecule has 2 aliphatic rings. The summed E-state index contributed by atoms with van der Waals surface area (Å²) >= 11 is 2.13. The number of nitrogens with zero attached hydrogens (tertiary/aromatic N) is 1. The fourth-order valence-electron chi connectivity index (χ4n) is 3.72. The Morgan fingerprint density at radius 2 is 1.83 bits per heavy atom. The molecule has 2 nitrogen and oxygen atoms in total. The van der Waals surface area contributed by atoms with E-state index in [4.69, 9.17) is 5.73 Å². The zero-order valence-corrected chi connectivity index (χ0v) is 13.3. The molecule has 4 atom stereocenters. The quantitative estimate of drug-likeness (QED) is 0.836. The first-order valence-corrected chi connectivity index (χ1v) is 8.43. The summed E-state index contributed by atoms with van der Waals surface area (Å²) < 4.78 is 0. The van der Waals surface area contributed by atoms with Crippen LogP contribution in [-0.4, -0.2) is 41.1 Å². The van der Waals surface area contributed by atoms with Crippen LogP contribution in [0, 0.1) is 11.3 Å². The van der Waals surface area contributed by atoms with Crippen molar-refractivity contribution in [2.24, 2.45) is 17.1 Å². The Bertz CT molecular complexity index is 270. The number of hydrogen-bond acceptors (Lipinski definition) is 3. The van der Waals surface area contributed by atoms with Gasteiger partial charge in [-0.1, -0.05) is 27.7 Å². The van der Waals surface area contributed by atoms with Crippen molar-refractivity contribution in [3.05, 3.63) is 0 Å². The minimum absolute atomic E-state index is 0.429. The van der Waals surface area contributed by atoms with Gasteiger partial charge in [0.05, 0.1) is 0 Å². The summed E-state index contributed by atoms with van der Waals surface area (Å²) in [6, 6.07) is 0.429. The van der Waals surface area contributed by atoms with Gasteiger partial charge in [-0.3, -0.25) is 0 Å². The third kappa shape index (κ3) is 3.88. The van der Waals surface area contributed by atoms with Crippen LogP contribution in [0.4, 0.5) is 0 Å². The van der Waals surface area contributed by atoms with Crippen molar-refractivity contribution in [3.63, 3.8) is 0 Å². The van der Waals surface area contributed by atoms with E-state index in [1.807, 2.05) is 0 Å². The third-order valence-corrected chi connectivity index (χ3v) is 5.79. The first-order chi connectivity index (χ1) is 8.35. The minimum atomic E-state index is 0.429. The highest BCUT2D eigenvalue weighted by Gasteiger charge is 2.35. The largest absolute Gasteiger partial charge is 0.327 e. The molecular formula is C15H30N2S. The Labute approximate surface area is 117 Å². The van der Waals surface area contributed by atoms with Gasteiger partial charge in [-0.25, -0.2) is 0 Å². The SMILES string of the molecule is CC1CN(CC2CC(C)(C)CCC2N)CC(C)S1. The standard InChI is InChI=1S/C15H30N2S/c1-11-8-17(9-12(2)18-11)10-13-7-15(3,4)6-5-14(13)16/h11-14H,5-10,16H2,1-4H3. The molecule has 1 saturated heterocycles. The van der Waals surface area contributed by atoms with Crippen molar-refractivity contribution in [1.29, 1.82) is 0 Å². The average Bonchev–Trinajstić information content (AvgIpc) is 2.22. The van der Waals surface area contributed by atoms with Gasteiger partial charge in [0.15, 0.2) is 0 Å². The lowest BCUT2D eigenvalue weighted by molar-refractivity contribution is 0.114. The molecule has 4 unspecified atom stereocenters. The van der Waals surface area contributed by atoms with E-state index in [2.05, 4.69) is 44.4 Å². The Hall–Kier alpha value is 0.270. The predicted molar refractivity (Wildman–Crippen MR) is 82.1 cm³/mol. The molecule has 1 heterocycles. The normalized spacial score (nSPS) is 41.8. The number of nitrogens with two attached hydrogens (primary N) is 1. The molecule has 0 spiro atoms. The van der Waals surface area contributed by atoms with Crippen LogP contribution in [0.1, 0.15) is 47.0 Å². The lowest BCUT2D eigenvalue weighted by Crippen LogP contribution is -2.49. The van der Waals surface area contributed by atoms with Crippen molar-refractivity contribution in [2.75, 3.05) is 19.6 Å². The number of rotatable bonds is 2. The third-order valence-electron chi connectivity index (χ3n) is 4.56. The molecule has 2 rings (SSSR count). The molecule has 18 heavy (non-hydrogen) atoms. The fourth-order valence-corrected chi connectivity index (χ4v) is 5.11. The topological polar surface area (TPSA) is 29.3 Å². The Morgan fingerprint density at radius 3 is 2.44 bits per heavy atom. The zero-order valence-electron chi connectivity index (χ0n) is 12.5. The van der Waals surface area contributed by atoms with E-state index in [9.17, 15) is 0 Å². The molecule has 3 heteroatoms. The van der Waals surface area contributed by atoms with Crippen molar-refractivity contribution < 1.29 is 0 Å². The first kappa shape index (κ1) is 14.7. The molecule has 0 aromatic heterocycles. The lowest BCUT2D eigenvalue weighted by Gasteiger charge is -2.43. The lowest BCUT2D eigenvalue weighted by atomic mass is 9.70. The van der Waals surface area contributed by atoms with Crippen molar-refractivity contribution in [3.8, 4) is 0 Å². The van der Waals surface area contributed by atoms with Crippen molar-refractivity contribution in [1.82, 2.24) is 4.90 Å². The summed E-state index contributed by atoms with van der Waals surface area (Å²) in [5.74, 6) is 0.705. The van der Waals surface area contributed by atoms with E-state index >= 15 is 0 Å². The van der Waals surface area contributed by atoms with Crippen LogP contribution in [-0.2, 0) is 0 Å². The molecule has 0 amide bonds. The Kier molecular flexibility index (Phi) is 4.66. The zero-order chi connectivity index (χ0) is 13.3. The van der Waals surface area contributed by atoms with Gasteiger partial charge in [0, 0.05) is 36.2 Å². The number of hydrogen-bond donors (Lipinski definition) is 1. The van der Waals surface area contributed by atoms with Crippen molar-refractivity contribution in [2.45, 2.75) is 63.5 Å². The highest BCUT2D eigenvalue weighted by atomic mass is 32.2. The molecule has 0 bridgehead atoms. The fraction of sp³-hybridized carbons (Fsp3) is 1.00. The van der Waals surface area contributed by atoms with E-state index in [-0.39, 0.29) is 0 Å². The highest BCUT2D eigenvalue weighted by molar-refractivity contribution is 8.00. The van der Waals surface area contributed by atoms with Gasteiger partial charge in [-0.15, -0.1) is 0 Å². The summed E-state index contributed by atoms with van der Waals surface area (Å²) in [7, 11) is 0. The van der Waals surface area contributed by atoms with Crippen LogP contribution in [0.2, 0.25) is 0 Å². The summed E-state index contributed by atoms with van der Waals surface area (Å²) in [5, 5.41) is 1.56. The van der Waals surface area contributed by atoms with E-state index < -0.39 is 0 Å². The van der Waals surface area contributed by atoms with Gasteiger partial charge in [0.1, 0.15) is 0 Å². The number of thioether (sulfide) groups is 1. The molecule has 0 radical (unpaired) electrons. The average molecular weight is 270 g/mol. The van der Waals surface area contributed by atoms with Crippen LogP contribution in [0.5, 0.6) is 0 Å². The van der Waals surface area contributed by atoms with Gasteiger partial charge in [0.2, 0.25) is 0 Å². The Balaban J connectivity index is 1.91. The maximum Gasteiger partial charge on any atom is 0.0149 e. The molecule has 0 aromatic rings. The maximum absolute atomic E-state index is 6.35. The highest BCUT2D eigenvalue weighted by Crippen LogP contribution is 2.39. The molecule has 0 aromatic carbocycles. The van der Waals surface area contributed by atoms with Gasteiger partial charge in [-0.2, -0.15) is 11.8 Å². The van der Waals surface area contributed by atoms with Crippen LogP contribution in [0.25, 0.3) is 0 Å². The maximum atomic E-state index is 6.35. The van der Waals surface area contributed by atoms with E-state index in [1.165, 1.54) is 38.9 Å². The van der Waals surface area contributed by atoms with Crippen LogP contribution in [0.15, 0.2) is 0 Å². The van der Waals surface area contributed by atoms with Crippen molar-refractivity contribution >= 4 is 11.8 Å². The molecule has 2 N–H and O–H groups in total. The molecule has 1 saturated carbocycles. The van der Waals surface area contributed by atoms with Gasteiger partial charge >= 0.3 is 0 Å². The summed E-state index contributed by atoms with van der Waals surface area (Å²) in [4.78, 5) is 2.66. The molecule has 1 aliphatic heterocycles.